The Morgan fingerprint density at radius 3 is 2.72 bits per heavy atom. The summed E-state index contributed by atoms with van der Waals surface area (Å²) < 4.78 is 7.93. The van der Waals surface area contributed by atoms with Crippen LogP contribution in [0.2, 0.25) is 0 Å². The van der Waals surface area contributed by atoms with Gasteiger partial charge in [0.05, 0.1) is 23.6 Å². The number of morpholine rings is 1. The fourth-order valence-electron chi connectivity index (χ4n) is 3.74. The van der Waals surface area contributed by atoms with Crippen molar-refractivity contribution in [3.05, 3.63) is 40.4 Å². The average Bonchev–Trinajstić information content (AvgIpc) is 3.21. The summed E-state index contributed by atoms with van der Waals surface area (Å²) in [4.78, 5) is 29.2. The Hall–Kier alpha value is -2.16. The molecule has 4 rings (SSSR count). The standard InChI is InChI=1S/C21H23N3O3S2/c1-3-14-5-4-6-16-15(11-17-20(26)22(2)21(28)29-17)12-24(19(14)16)13-18(25)23-7-9-27-10-8-23/h4-6,11-12H,3,7-10,13H2,1-2H3/b17-11-. The minimum atomic E-state index is -0.0862. The molecule has 152 valence electrons. The van der Waals surface area contributed by atoms with Crippen molar-refractivity contribution in [3.63, 3.8) is 0 Å². The fourth-order valence-corrected chi connectivity index (χ4v) is 4.91. The molecule has 2 saturated heterocycles. The van der Waals surface area contributed by atoms with Crippen molar-refractivity contribution in [2.75, 3.05) is 33.4 Å². The van der Waals surface area contributed by atoms with Crippen LogP contribution in [0.25, 0.3) is 17.0 Å². The van der Waals surface area contributed by atoms with Gasteiger partial charge in [0.2, 0.25) is 5.91 Å². The number of ether oxygens (including phenoxy) is 1. The Morgan fingerprint density at radius 1 is 1.31 bits per heavy atom. The Balaban J connectivity index is 1.74. The lowest BCUT2D eigenvalue weighted by Gasteiger charge is -2.27. The Kier molecular flexibility index (Phi) is 5.76. The Labute approximate surface area is 179 Å². The van der Waals surface area contributed by atoms with Gasteiger partial charge in [0.15, 0.2) is 0 Å². The van der Waals surface area contributed by atoms with E-state index in [4.69, 9.17) is 17.0 Å². The van der Waals surface area contributed by atoms with Crippen LogP contribution in [0.5, 0.6) is 0 Å². The number of benzene rings is 1. The van der Waals surface area contributed by atoms with Gasteiger partial charge in [-0.1, -0.05) is 49.1 Å². The van der Waals surface area contributed by atoms with Gasteiger partial charge in [0.1, 0.15) is 10.9 Å². The van der Waals surface area contributed by atoms with Crippen molar-refractivity contribution in [3.8, 4) is 0 Å². The number of rotatable bonds is 4. The number of thiocarbonyl (C=S) groups is 1. The van der Waals surface area contributed by atoms with E-state index < -0.39 is 0 Å². The number of nitrogens with zero attached hydrogens (tertiary/aromatic N) is 3. The summed E-state index contributed by atoms with van der Waals surface area (Å²) in [5.41, 5.74) is 3.16. The average molecular weight is 430 g/mol. The lowest BCUT2D eigenvalue weighted by atomic mass is 10.1. The number of hydrogen-bond acceptors (Lipinski definition) is 5. The molecule has 0 bridgehead atoms. The molecular formula is C21H23N3O3S2. The highest BCUT2D eigenvalue weighted by Gasteiger charge is 2.29. The third-order valence-electron chi connectivity index (χ3n) is 5.34. The van der Waals surface area contributed by atoms with Gasteiger partial charge in [-0.3, -0.25) is 14.5 Å². The third kappa shape index (κ3) is 3.84. The molecule has 0 N–H and O–H groups in total. The van der Waals surface area contributed by atoms with E-state index in [1.165, 1.54) is 22.2 Å². The highest BCUT2D eigenvalue weighted by molar-refractivity contribution is 8.26. The van der Waals surface area contributed by atoms with E-state index in [9.17, 15) is 9.59 Å². The second-order valence-electron chi connectivity index (χ2n) is 7.11. The predicted molar refractivity (Wildman–Crippen MR) is 120 cm³/mol. The number of thioether (sulfide) groups is 1. The first-order chi connectivity index (χ1) is 14.0. The molecule has 2 aliphatic rings. The third-order valence-corrected chi connectivity index (χ3v) is 6.82. The van der Waals surface area contributed by atoms with E-state index in [1.807, 2.05) is 33.9 Å². The second-order valence-corrected chi connectivity index (χ2v) is 8.79. The molecule has 1 aromatic heterocycles. The molecule has 2 aromatic rings. The molecule has 29 heavy (non-hydrogen) atoms. The number of likely N-dealkylation sites (N-methyl/N-ethyl adjacent to an activating group) is 1. The summed E-state index contributed by atoms with van der Waals surface area (Å²) >= 11 is 6.56. The maximum absolute atomic E-state index is 12.9. The number of hydrogen-bond donors (Lipinski definition) is 0. The zero-order valence-electron chi connectivity index (χ0n) is 16.5. The lowest BCUT2D eigenvalue weighted by Crippen LogP contribution is -2.42. The summed E-state index contributed by atoms with van der Waals surface area (Å²) in [6.07, 6.45) is 4.73. The molecule has 3 heterocycles. The monoisotopic (exact) mass is 429 g/mol. The van der Waals surface area contributed by atoms with Crippen LogP contribution >= 0.6 is 24.0 Å². The minimum absolute atomic E-state index is 0.0857. The normalized spacial score (nSPS) is 19.0. The SMILES string of the molecule is CCc1cccc2c(/C=C3\SC(=S)N(C)C3=O)cn(CC(=O)N3CCOCC3)c12. The summed E-state index contributed by atoms with van der Waals surface area (Å²) in [5, 5.41) is 1.04. The van der Waals surface area contributed by atoms with Crippen LogP contribution in [0.15, 0.2) is 29.3 Å². The van der Waals surface area contributed by atoms with Crippen molar-refractivity contribution in [1.82, 2.24) is 14.4 Å². The van der Waals surface area contributed by atoms with Gasteiger partial charge in [0, 0.05) is 37.3 Å². The molecule has 2 fully saturated rings. The molecule has 2 aliphatic heterocycles. The summed E-state index contributed by atoms with van der Waals surface area (Å²) in [7, 11) is 1.69. The molecule has 0 radical (unpaired) electrons. The zero-order valence-corrected chi connectivity index (χ0v) is 18.1. The first-order valence-electron chi connectivity index (χ1n) is 9.67. The number of amides is 2. The van der Waals surface area contributed by atoms with E-state index in [0.29, 0.717) is 35.5 Å². The van der Waals surface area contributed by atoms with Crippen molar-refractivity contribution >= 4 is 57.1 Å². The van der Waals surface area contributed by atoms with E-state index >= 15 is 0 Å². The van der Waals surface area contributed by atoms with Crippen LogP contribution in [0.3, 0.4) is 0 Å². The zero-order chi connectivity index (χ0) is 20.5. The molecule has 0 spiro atoms. The molecule has 0 unspecified atom stereocenters. The van der Waals surface area contributed by atoms with Crippen LogP contribution in [0, 0.1) is 0 Å². The van der Waals surface area contributed by atoms with Gasteiger partial charge in [-0.25, -0.2) is 0 Å². The molecule has 1 aromatic carbocycles. The Bertz CT molecular complexity index is 1020. The molecular weight excluding hydrogens is 406 g/mol. The highest BCUT2D eigenvalue weighted by atomic mass is 32.2. The summed E-state index contributed by atoms with van der Waals surface area (Å²) in [6, 6.07) is 6.16. The van der Waals surface area contributed by atoms with Crippen LogP contribution in [-0.2, 0) is 27.3 Å². The van der Waals surface area contributed by atoms with E-state index in [-0.39, 0.29) is 18.4 Å². The number of carbonyl (C=O) groups is 2. The number of fused-ring (bicyclic) bond motifs is 1. The maximum Gasteiger partial charge on any atom is 0.265 e. The molecule has 0 saturated carbocycles. The van der Waals surface area contributed by atoms with Crippen molar-refractivity contribution < 1.29 is 14.3 Å². The molecule has 6 nitrogen and oxygen atoms in total. The first kappa shape index (κ1) is 20.1. The van der Waals surface area contributed by atoms with E-state index in [0.717, 1.165) is 22.9 Å². The molecule has 2 amide bonds. The van der Waals surface area contributed by atoms with Crippen molar-refractivity contribution in [2.45, 2.75) is 19.9 Å². The van der Waals surface area contributed by atoms with Gasteiger partial charge in [0.25, 0.3) is 5.91 Å². The van der Waals surface area contributed by atoms with Gasteiger partial charge in [-0.2, -0.15) is 0 Å². The number of para-hydroxylation sites is 1. The van der Waals surface area contributed by atoms with Gasteiger partial charge in [-0.05, 0) is 18.1 Å². The largest absolute Gasteiger partial charge is 0.378 e. The van der Waals surface area contributed by atoms with Gasteiger partial charge in [-0.15, -0.1) is 0 Å². The van der Waals surface area contributed by atoms with Gasteiger partial charge >= 0.3 is 0 Å². The first-order valence-corrected chi connectivity index (χ1v) is 10.9. The van der Waals surface area contributed by atoms with Crippen LogP contribution in [-0.4, -0.2) is 63.9 Å². The quantitative estimate of drug-likeness (QED) is 0.553. The predicted octanol–water partition coefficient (Wildman–Crippen LogP) is 2.89. The maximum atomic E-state index is 12.9. The van der Waals surface area contributed by atoms with Crippen molar-refractivity contribution in [1.29, 1.82) is 0 Å². The molecule has 0 aliphatic carbocycles. The highest BCUT2D eigenvalue weighted by Crippen LogP contribution is 2.34. The van der Waals surface area contributed by atoms with Crippen LogP contribution in [0.1, 0.15) is 18.1 Å². The summed E-state index contributed by atoms with van der Waals surface area (Å²) in [6.45, 7) is 4.81. The van der Waals surface area contributed by atoms with Crippen LogP contribution in [0.4, 0.5) is 0 Å². The number of carbonyl (C=O) groups excluding carboxylic acids is 2. The second kappa shape index (κ2) is 8.30. The smallest absolute Gasteiger partial charge is 0.265 e. The van der Waals surface area contributed by atoms with Crippen LogP contribution < -0.4 is 0 Å². The fraction of sp³-hybridized carbons (Fsp3) is 0.381. The minimum Gasteiger partial charge on any atom is -0.378 e. The Morgan fingerprint density at radius 2 is 2.07 bits per heavy atom. The van der Waals surface area contributed by atoms with E-state index in [1.54, 1.807) is 7.05 Å². The lowest BCUT2D eigenvalue weighted by molar-refractivity contribution is -0.135. The molecule has 8 heteroatoms. The summed E-state index contributed by atoms with van der Waals surface area (Å²) in [5.74, 6) is -0.000484. The number of aryl methyl sites for hydroxylation is 1. The number of aromatic nitrogens is 1. The molecule has 0 atom stereocenters. The van der Waals surface area contributed by atoms with E-state index in [2.05, 4.69) is 13.0 Å². The van der Waals surface area contributed by atoms with Gasteiger partial charge < -0.3 is 14.2 Å². The van der Waals surface area contributed by atoms with Crippen molar-refractivity contribution in [2.24, 2.45) is 0 Å². The topological polar surface area (TPSA) is 54.8 Å².